The number of ether oxygens (including phenoxy) is 1. The van der Waals surface area contributed by atoms with Crippen LogP contribution in [-0.2, 0) is 4.74 Å². The summed E-state index contributed by atoms with van der Waals surface area (Å²) >= 11 is 3.49. The van der Waals surface area contributed by atoms with Crippen LogP contribution in [0.25, 0.3) is 0 Å². The Hall–Kier alpha value is -1.57. The Labute approximate surface area is 132 Å². The van der Waals surface area contributed by atoms with E-state index in [2.05, 4.69) is 53.1 Å². The Morgan fingerprint density at radius 3 is 3.14 bits per heavy atom. The van der Waals surface area contributed by atoms with Gasteiger partial charge in [0.1, 0.15) is 5.82 Å². The summed E-state index contributed by atoms with van der Waals surface area (Å²) in [6.45, 7) is 4.47. The summed E-state index contributed by atoms with van der Waals surface area (Å²) in [5.74, 6) is 1.47. The van der Waals surface area contributed by atoms with Gasteiger partial charge in [0.15, 0.2) is 0 Å². The molecule has 0 aliphatic carbocycles. The van der Waals surface area contributed by atoms with E-state index in [0.29, 0.717) is 12.5 Å². The van der Waals surface area contributed by atoms with E-state index in [1.807, 2.05) is 0 Å². The van der Waals surface area contributed by atoms with Crippen LogP contribution in [0.4, 0.5) is 16.6 Å². The quantitative estimate of drug-likeness (QED) is 0.838. The summed E-state index contributed by atoms with van der Waals surface area (Å²) in [5.41, 5.74) is 0. The molecule has 116 valence electrons. The van der Waals surface area contributed by atoms with Crippen molar-refractivity contribution in [3.8, 4) is 0 Å². The molecule has 1 aromatic rings. The van der Waals surface area contributed by atoms with E-state index in [4.69, 9.17) is 0 Å². The van der Waals surface area contributed by atoms with Gasteiger partial charge in [0.05, 0.1) is 17.6 Å². The van der Waals surface area contributed by atoms with Gasteiger partial charge in [-0.05, 0) is 28.8 Å². The fourth-order valence-corrected chi connectivity index (χ4v) is 2.64. The number of alkyl carbamates (subject to hydrolysis) is 1. The highest BCUT2D eigenvalue weighted by Crippen LogP contribution is 2.27. The van der Waals surface area contributed by atoms with Crippen LogP contribution >= 0.6 is 15.9 Å². The van der Waals surface area contributed by atoms with Crippen molar-refractivity contribution in [3.05, 3.63) is 10.7 Å². The van der Waals surface area contributed by atoms with Crippen molar-refractivity contribution in [2.75, 3.05) is 37.0 Å². The SMILES string of the molecule is CCCNc1ncc(Br)c(N2CCC(NC(=O)OC)C2)n1. The van der Waals surface area contributed by atoms with Crippen LogP contribution in [0.5, 0.6) is 0 Å². The maximum absolute atomic E-state index is 11.3. The summed E-state index contributed by atoms with van der Waals surface area (Å²) < 4.78 is 5.48. The molecule has 8 heteroatoms. The van der Waals surface area contributed by atoms with Crippen LogP contribution in [0.2, 0.25) is 0 Å². The molecule has 1 aliphatic rings. The van der Waals surface area contributed by atoms with Crippen molar-refractivity contribution in [1.82, 2.24) is 15.3 Å². The molecule has 1 aromatic heterocycles. The Bertz CT molecular complexity index is 499. The second-order valence-electron chi connectivity index (χ2n) is 4.86. The zero-order chi connectivity index (χ0) is 15.2. The molecule has 0 bridgehead atoms. The minimum Gasteiger partial charge on any atom is -0.453 e. The van der Waals surface area contributed by atoms with Gasteiger partial charge < -0.3 is 20.3 Å². The van der Waals surface area contributed by atoms with Gasteiger partial charge in [-0.2, -0.15) is 4.98 Å². The Morgan fingerprint density at radius 1 is 1.62 bits per heavy atom. The van der Waals surface area contributed by atoms with E-state index in [9.17, 15) is 4.79 Å². The van der Waals surface area contributed by atoms with Crippen molar-refractivity contribution in [1.29, 1.82) is 0 Å². The van der Waals surface area contributed by atoms with E-state index in [1.54, 1.807) is 6.20 Å². The zero-order valence-corrected chi connectivity index (χ0v) is 13.8. The van der Waals surface area contributed by atoms with E-state index in [1.165, 1.54) is 7.11 Å². The van der Waals surface area contributed by atoms with Crippen LogP contribution in [-0.4, -0.2) is 48.8 Å². The number of methoxy groups -OCH3 is 1. The molecule has 21 heavy (non-hydrogen) atoms. The number of aromatic nitrogens is 2. The first-order valence-electron chi connectivity index (χ1n) is 7.00. The van der Waals surface area contributed by atoms with Crippen molar-refractivity contribution >= 4 is 33.8 Å². The Morgan fingerprint density at radius 2 is 2.43 bits per heavy atom. The molecule has 0 aromatic carbocycles. The average Bonchev–Trinajstić information content (AvgIpc) is 2.94. The lowest BCUT2D eigenvalue weighted by atomic mass is 10.3. The third kappa shape index (κ3) is 4.20. The fraction of sp³-hybridized carbons (Fsp3) is 0.615. The van der Waals surface area contributed by atoms with Crippen molar-refractivity contribution in [3.63, 3.8) is 0 Å². The van der Waals surface area contributed by atoms with Crippen molar-refractivity contribution < 1.29 is 9.53 Å². The molecule has 2 heterocycles. The molecule has 1 amide bonds. The van der Waals surface area contributed by atoms with Gasteiger partial charge in [0.2, 0.25) is 5.95 Å². The number of amides is 1. The first-order valence-corrected chi connectivity index (χ1v) is 7.79. The maximum Gasteiger partial charge on any atom is 0.407 e. The smallest absolute Gasteiger partial charge is 0.407 e. The molecule has 1 fully saturated rings. The van der Waals surface area contributed by atoms with E-state index >= 15 is 0 Å². The summed E-state index contributed by atoms with van der Waals surface area (Å²) in [4.78, 5) is 22.2. The molecule has 7 nitrogen and oxygen atoms in total. The van der Waals surface area contributed by atoms with Gasteiger partial charge in [0, 0.05) is 25.8 Å². The molecule has 0 radical (unpaired) electrons. The van der Waals surface area contributed by atoms with Crippen molar-refractivity contribution in [2.24, 2.45) is 0 Å². The lowest BCUT2D eigenvalue weighted by Gasteiger charge is -2.19. The number of carbonyl (C=O) groups is 1. The zero-order valence-electron chi connectivity index (χ0n) is 12.2. The minimum absolute atomic E-state index is 0.0753. The molecule has 1 saturated heterocycles. The average molecular weight is 358 g/mol. The van der Waals surface area contributed by atoms with E-state index in [0.717, 1.165) is 36.2 Å². The molecule has 1 aliphatic heterocycles. The van der Waals surface area contributed by atoms with E-state index < -0.39 is 6.09 Å². The second kappa shape index (κ2) is 7.44. The topological polar surface area (TPSA) is 79.4 Å². The van der Waals surface area contributed by atoms with Crippen molar-refractivity contribution in [2.45, 2.75) is 25.8 Å². The van der Waals surface area contributed by atoms with Crippen LogP contribution in [0.1, 0.15) is 19.8 Å². The minimum atomic E-state index is -0.395. The van der Waals surface area contributed by atoms with Crippen LogP contribution in [0.3, 0.4) is 0 Å². The fourth-order valence-electron chi connectivity index (χ4n) is 2.20. The highest BCUT2D eigenvalue weighted by Gasteiger charge is 2.26. The summed E-state index contributed by atoms with van der Waals surface area (Å²) in [6.07, 6.45) is 3.24. The van der Waals surface area contributed by atoms with Gasteiger partial charge >= 0.3 is 6.09 Å². The van der Waals surface area contributed by atoms with Gasteiger partial charge in [0.25, 0.3) is 0 Å². The first kappa shape index (κ1) is 15.8. The van der Waals surface area contributed by atoms with Crippen LogP contribution < -0.4 is 15.5 Å². The van der Waals surface area contributed by atoms with Crippen LogP contribution in [0.15, 0.2) is 10.7 Å². The molecule has 1 unspecified atom stereocenters. The number of rotatable bonds is 5. The predicted octanol–water partition coefficient (Wildman–Crippen LogP) is 2.00. The molecular formula is C13H20BrN5O2. The van der Waals surface area contributed by atoms with Gasteiger partial charge in [-0.1, -0.05) is 6.92 Å². The van der Waals surface area contributed by atoms with Crippen LogP contribution in [0, 0.1) is 0 Å². The molecular weight excluding hydrogens is 338 g/mol. The predicted molar refractivity (Wildman–Crippen MR) is 84.7 cm³/mol. The second-order valence-corrected chi connectivity index (χ2v) is 5.71. The number of halogens is 1. The van der Waals surface area contributed by atoms with E-state index in [-0.39, 0.29) is 6.04 Å². The first-order chi connectivity index (χ1) is 10.1. The lowest BCUT2D eigenvalue weighted by molar-refractivity contribution is 0.167. The molecule has 1 atom stereocenters. The third-order valence-electron chi connectivity index (χ3n) is 3.25. The number of hydrogen-bond acceptors (Lipinski definition) is 6. The molecule has 0 saturated carbocycles. The normalized spacial score (nSPS) is 17.7. The lowest BCUT2D eigenvalue weighted by Crippen LogP contribution is -2.37. The number of anilines is 2. The van der Waals surface area contributed by atoms with Gasteiger partial charge in [-0.3, -0.25) is 0 Å². The Kier molecular flexibility index (Phi) is 5.60. The van der Waals surface area contributed by atoms with Gasteiger partial charge in [-0.15, -0.1) is 0 Å². The summed E-state index contributed by atoms with van der Waals surface area (Å²) in [6, 6.07) is 0.0753. The number of nitrogens with one attached hydrogen (secondary N) is 2. The Balaban J connectivity index is 2.03. The molecule has 2 rings (SSSR count). The molecule has 2 N–H and O–H groups in total. The third-order valence-corrected chi connectivity index (χ3v) is 3.81. The summed E-state index contributed by atoms with van der Waals surface area (Å²) in [7, 11) is 1.37. The number of carbonyl (C=O) groups excluding carboxylic acids is 1. The molecule has 0 spiro atoms. The highest BCUT2D eigenvalue weighted by atomic mass is 79.9. The van der Waals surface area contributed by atoms with Gasteiger partial charge in [-0.25, -0.2) is 9.78 Å². The number of hydrogen-bond donors (Lipinski definition) is 2. The number of nitrogens with zero attached hydrogens (tertiary/aromatic N) is 3. The highest BCUT2D eigenvalue weighted by molar-refractivity contribution is 9.10. The summed E-state index contributed by atoms with van der Waals surface area (Å²) in [5, 5.41) is 6.00. The largest absolute Gasteiger partial charge is 0.453 e. The standard InChI is InChI=1S/C13H20BrN5O2/c1-3-5-15-12-16-7-10(14)11(18-12)19-6-4-9(8-19)17-13(20)21-2/h7,9H,3-6,8H2,1-2H3,(H,17,20)(H,15,16,18). The maximum atomic E-state index is 11.3. The monoisotopic (exact) mass is 357 g/mol.